The molecular weight excluding hydrogens is 180 g/mol. The molecule has 0 aromatic heterocycles. The van der Waals surface area contributed by atoms with Crippen LogP contribution in [0.15, 0.2) is 18.2 Å². The van der Waals surface area contributed by atoms with Gasteiger partial charge in [-0.05, 0) is 11.6 Å². The number of primary amides is 1. The molecule has 1 aromatic carbocycles. The lowest BCUT2D eigenvalue weighted by atomic mass is 10.0. The fraction of sp³-hybridized carbons (Fsp3) is 0.200. The number of carbonyl (C=O) groups excluding carboxylic acids is 2. The first-order valence-electron chi connectivity index (χ1n) is 4.32. The van der Waals surface area contributed by atoms with Crippen molar-refractivity contribution in [1.82, 2.24) is 0 Å². The van der Waals surface area contributed by atoms with Crippen molar-refractivity contribution in [3.8, 4) is 0 Å². The number of fused-ring (bicyclic) bond motifs is 1. The normalized spacial score (nSPS) is 19.5. The van der Waals surface area contributed by atoms with E-state index in [1.54, 1.807) is 18.2 Å². The summed E-state index contributed by atoms with van der Waals surface area (Å²) in [6, 6.07) is 4.71. The van der Waals surface area contributed by atoms with Crippen LogP contribution < -0.4 is 11.5 Å². The Balaban J connectivity index is 2.68. The van der Waals surface area contributed by atoms with E-state index >= 15 is 0 Å². The third-order valence-electron chi connectivity index (χ3n) is 2.45. The van der Waals surface area contributed by atoms with E-state index in [0.29, 0.717) is 5.56 Å². The maximum absolute atomic E-state index is 11.5. The minimum Gasteiger partial charge on any atom is -0.366 e. The van der Waals surface area contributed by atoms with Crippen LogP contribution in [0.25, 0.3) is 0 Å². The summed E-state index contributed by atoms with van der Waals surface area (Å²) < 4.78 is 0. The number of nitrogens with two attached hydrogens (primary N) is 2. The zero-order valence-corrected chi connectivity index (χ0v) is 7.49. The van der Waals surface area contributed by atoms with E-state index in [0.717, 1.165) is 5.56 Å². The predicted octanol–water partition coefficient (Wildman–Crippen LogP) is 0.372. The molecule has 0 heterocycles. The summed E-state index contributed by atoms with van der Waals surface area (Å²) >= 11 is 0. The van der Waals surface area contributed by atoms with E-state index in [1.165, 1.54) is 0 Å². The summed E-state index contributed by atoms with van der Waals surface area (Å²) in [7, 11) is 0. The molecule has 0 aliphatic heterocycles. The van der Waals surface area contributed by atoms with E-state index in [2.05, 4.69) is 0 Å². The van der Waals surface area contributed by atoms with Crippen LogP contribution in [-0.4, -0.2) is 11.7 Å². The lowest BCUT2D eigenvalue weighted by molar-refractivity contribution is 0.0963. The summed E-state index contributed by atoms with van der Waals surface area (Å²) in [4.78, 5) is 22.6. The molecule has 0 bridgehead atoms. The SMILES string of the molecule is NC(=O)c1cccc2c1C(=O)C[C@@H]2N. The van der Waals surface area contributed by atoms with Crippen molar-refractivity contribution in [3.63, 3.8) is 0 Å². The highest BCUT2D eigenvalue weighted by Crippen LogP contribution is 2.31. The molecule has 1 amide bonds. The first-order valence-corrected chi connectivity index (χ1v) is 4.32. The fourth-order valence-electron chi connectivity index (χ4n) is 1.81. The third-order valence-corrected chi connectivity index (χ3v) is 2.45. The smallest absolute Gasteiger partial charge is 0.249 e. The highest BCUT2D eigenvalue weighted by atomic mass is 16.1. The van der Waals surface area contributed by atoms with Crippen LogP contribution in [0.5, 0.6) is 0 Å². The average Bonchev–Trinajstić information content (AvgIpc) is 2.43. The molecule has 4 heteroatoms. The number of hydrogen-bond acceptors (Lipinski definition) is 3. The first-order chi connectivity index (χ1) is 6.61. The summed E-state index contributed by atoms with van der Waals surface area (Å²) in [5.74, 6) is -0.675. The molecule has 1 atom stereocenters. The van der Waals surface area contributed by atoms with E-state index in [1.807, 2.05) is 0 Å². The number of rotatable bonds is 1. The minimum atomic E-state index is -0.579. The molecular formula is C10H10N2O2. The van der Waals surface area contributed by atoms with Gasteiger partial charge in [0.2, 0.25) is 5.91 Å². The van der Waals surface area contributed by atoms with Gasteiger partial charge in [-0.1, -0.05) is 12.1 Å². The Morgan fingerprint density at radius 1 is 1.43 bits per heavy atom. The number of benzene rings is 1. The number of hydrogen-bond donors (Lipinski definition) is 2. The largest absolute Gasteiger partial charge is 0.366 e. The van der Waals surface area contributed by atoms with E-state index in [4.69, 9.17) is 11.5 Å². The number of amides is 1. The molecule has 0 spiro atoms. The van der Waals surface area contributed by atoms with Crippen molar-refractivity contribution >= 4 is 11.7 Å². The molecule has 1 aliphatic carbocycles. The second-order valence-corrected chi connectivity index (χ2v) is 3.37. The fourth-order valence-corrected chi connectivity index (χ4v) is 1.81. The van der Waals surface area contributed by atoms with Crippen molar-refractivity contribution in [2.75, 3.05) is 0 Å². The Bertz CT molecular complexity index is 426. The van der Waals surface area contributed by atoms with Crippen LogP contribution >= 0.6 is 0 Å². The van der Waals surface area contributed by atoms with Crippen LogP contribution in [0, 0.1) is 0 Å². The van der Waals surface area contributed by atoms with Gasteiger partial charge >= 0.3 is 0 Å². The standard InChI is InChI=1S/C10H10N2O2/c11-7-4-8(13)9-5(7)2-1-3-6(9)10(12)14/h1-3,7H,4,11H2,(H2,12,14)/t7-/m0/s1. The van der Waals surface area contributed by atoms with Gasteiger partial charge in [0, 0.05) is 18.0 Å². The van der Waals surface area contributed by atoms with E-state index < -0.39 is 5.91 Å². The second-order valence-electron chi connectivity index (χ2n) is 3.37. The summed E-state index contributed by atoms with van der Waals surface area (Å²) in [5, 5.41) is 0. The van der Waals surface area contributed by atoms with Gasteiger partial charge in [-0.25, -0.2) is 0 Å². The van der Waals surface area contributed by atoms with Crippen LogP contribution in [0.4, 0.5) is 0 Å². The summed E-state index contributed by atoms with van der Waals surface area (Å²) in [5.41, 5.74) is 12.3. The molecule has 4 nitrogen and oxygen atoms in total. The van der Waals surface area contributed by atoms with Crippen LogP contribution in [-0.2, 0) is 0 Å². The monoisotopic (exact) mass is 190 g/mol. The van der Waals surface area contributed by atoms with Crippen LogP contribution in [0.2, 0.25) is 0 Å². The Morgan fingerprint density at radius 2 is 2.14 bits per heavy atom. The molecule has 1 aliphatic rings. The zero-order chi connectivity index (χ0) is 10.3. The third kappa shape index (κ3) is 1.12. The maximum Gasteiger partial charge on any atom is 0.249 e. The Hall–Kier alpha value is -1.68. The molecule has 14 heavy (non-hydrogen) atoms. The quantitative estimate of drug-likeness (QED) is 0.670. The lowest BCUT2D eigenvalue weighted by Gasteiger charge is -2.04. The highest BCUT2D eigenvalue weighted by Gasteiger charge is 2.30. The lowest BCUT2D eigenvalue weighted by Crippen LogP contribution is -2.15. The van der Waals surface area contributed by atoms with Gasteiger partial charge in [-0.15, -0.1) is 0 Å². The van der Waals surface area contributed by atoms with Gasteiger partial charge in [-0.2, -0.15) is 0 Å². The molecule has 0 saturated carbocycles. The van der Waals surface area contributed by atoms with Crippen molar-refractivity contribution in [2.45, 2.75) is 12.5 Å². The minimum absolute atomic E-state index is 0.0955. The van der Waals surface area contributed by atoms with Crippen molar-refractivity contribution in [3.05, 3.63) is 34.9 Å². The van der Waals surface area contributed by atoms with Gasteiger partial charge in [0.15, 0.2) is 5.78 Å². The first kappa shape index (κ1) is 8.90. The zero-order valence-electron chi connectivity index (χ0n) is 7.49. The van der Waals surface area contributed by atoms with E-state index in [-0.39, 0.29) is 23.8 Å². The van der Waals surface area contributed by atoms with Crippen molar-refractivity contribution in [1.29, 1.82) is 0 Å². The topological polar surface area (TPSA) is 86.2 Å². The van der Waals surface area contributed by atoms with Crippen LogP contribution in [0.1, 0.15) is 38.7 Å². The number of ketones is 1. The second kappa shape index (κ2) is 2.92. The summed E-state index contributed by atoms with van der Waals surface area (Å²) in [6.45, 7) is 0. The predicted molar refractivity (Wildman–Crippen MR) is 50.8 cm³/mol. The van der Waals surface area contributed by atoms with Gasteiger partial charge in [0.05, 0.1) is 5.56 Å². The number of Topliss-reactive ketones (excluding diaryl/α,β-unsaturated/α-hetero) is 1. The van der Waals surface area contributed by atoms with Gasteiger partial charge in [-0.3, -0.25) is 9.59 Å². The number of carbonyl (C=O) groups is 2. The molecule has 2 rings (SSSR count). The van der Waals surface area contributed by atoms with Gasteiger partial charge in [0.25, 0.3) is 0 Å². The maximum atomic E-state index is 11.5. The molecule has 4 N–H and O–H groups in total. The molecule has 0 radical (unpaired) electrons. The van der Waals surface area contributed by atoms with Crippen LogP contribution in [0.3, 0.4) is 0 Å². The van der Waals surface area contributed by atoms with Gasteiger partial charge in [0.1, 0.15) is 0 Å². The van der Waals surface area contributed by atoms with Crippen molar-refractivity contribution < 1.29 is 9.59 Å². The highest BCUT2D eigenvalue weighted by molar-refractivity contribution is 6.10. The van der Waals surface area contributed by atoms with Crippen molar-refractivity contribution in [2.24, 2.45) is 11.5 Å². The molecule has 0 saturated heterocycles. The molecule has 72 valence electrons. The molecule has 1 aromatic rings. The Labute approximate surface area is 80.9 Å². The molecule has 0 unspecified atom stereocenters. The summed E-state index contributed by atoms with van der Waals surface area (Å²) in [6.07, 6.45) is 0.264. The average molecular weight is 190 g/mol. The Kier molecular flexibility index (Phi) is 1.86. The molecule has 0 fully saturated rings. The Morgan fingerprint density at radius 3 is 2.79 bits per heavy atom. The van der Waals surface area contributed by atoms with E-state index in [9.17, 15) is 9.59 Å². The van der Waals surface area contributed by atoms with Gasteiger partial charge < -0.3 is 11.5 Å².